The van der Waals surface area contributed by atoms with Gasteiger partial charge in [-0.1, -0.05) is 0 Å². The molecule has 2 saturated heterocycles. The Morgan fingerprint density at radius 1 is 1.32 bits per heavy atom. The normalized spacial score (nSPS) is 22.7. The van der Waals surface area contributed by atoms with E-state index in [1.165, 1.54) is 30.4 Å². The van der Waals surface area contributed by atoms with E-state index < -0.39 is 0 Å². The van der Waals surface area contributed by atoms with Crippen LogP contribution in [0.5, 0.6) is 0 Å². The minimum atomic E-state index is -0.343. The number of carbonyl (C=O) groups excluding carboxylic acids is 2. The lowest BCUT2D eigenvalue weighted by Gasteiger charge is -2.35. The molecule has 2 atom stereocenters. The first-order chi connectivity index (χ1) is 12.6. The van der Waals surface area contributed by atoms with Gasteiger partial charge in [-0.05, 0) is 37.8 Å². The Kier molecular flexibility index (Phi) is 7.88. The molecule has 7 nitrogen and oxygen atoms in total. The van der Waals surface area contributed by atoms with Gasteiger partial charge in [-0.3, -0.25) is 14.9 Å². The van der Waals surface area contributed by atoms with Crippen LogP contribution in [0.2, 0.25) is 0 Å². The number of aromatic nitrogens is 1. The molecule has 0 radical (unpaired) electrons. The molecule has 2 aromatic heterocycles. The van der Waals surface area contributed by atoms with E-state index in [0.29, 0.717) is 29.0 Å². The Hall–Kier alpha value is -1.61. The number of hydrogen-bond acceptors (Lipinski definition) is 6. The highest BCUT2D eigenvalue weighted by molar-refractivity contribution is 7.14. The van der Waals surface area contributed by atoms with Gasteiger partial charge in [-0.25, -0.2) is 4.98 Å². The maximum atomic E-state index is 12.6. The highest BCUT2D eigenvalue weighted by atomic mass is 35.5. The topological polar surface area (TPSA) is 87.5 Å². The van der Waals surface area contributed by atoms with Crippen molar-refractivity contribution < 1.29 is 14.0 Å². The minimum Gasteiger partial charge on any atom is -0.459 e. The highest BCUT2D eigenvalue weighted by Gasteiger charge is 2.36. The van der Waals surface area contributed by atoms with Gasteiger partial charge in [0.05, 0.1) is 18.4 Å². The van der Waals surface area contributed by atoms with E-state index in [0.717, 1.165) is 12.8 Å². The fourth-order valence-electron chi connectivity index (χ4n) is 3.84. The van der Waals surface area contributed by atoms with Gasteiger partial charge < -0.3 is 14.6 Å². The maximum Gasteiger partial charge on any atom is 0.293 e. The van der Waals surface area contributed by atoms with Crippen molar-refractivity contribution in [3.05, 3.63) is 35.2 Å². The van der Waals surface area contributed by atoms with Crippen molar-refractivity contribution in [2.24, 2.45) is 0 Å². The van der Waals surface area contributed by atoms with Crippen molar-refractivity contribution in [1.82, 2.24) is 15.2 Å². The first kappa shape index (κ1) is 22.7. The van der Waals surface area contributed by atoms with Gasteiger partial charge in [0.25, 0.3) is 5.91 Å². The van der Waals surface area contributed by atoms with Crippen LogP contribution in [-0.2, 0) is 11.2 Å². The first-order valence-electron chi connectivity index (χ1n) is 8.89. The molecule has 28 heavy (non-hydrogen) atoms. The van der Waals surface area contributed by atoms with Crippen molar-refractivity contribution in [3.8, 4) is 0 Å². The molecule has 2 amide bonds. The third-order valence-electron chi connectivity index (χ3n) is 5.24. The Labute approximate surface area is 180 Å². The quantitative estimate of drug-likeness (QED) is 0.736. The van der Waals surface area contributed by atoms with Crippen LogP contribution in [0.1, 0.15) is 41.9 Å². The van der Waals surface area contributed by atoms with E-state index in [9.17, 15) is 9.59 Å². The van der Waals surface area contributed by atoms with Gasteiger partial charge in [-0.15, -0.1) is 36.2 Å². The predicted octanol–water partition coefficient (Wildman–Crippen LogP) is 3.12. The number of nitrogens with one attached hydrogen (secondary N) is 2. The molecule has 4 rings (SSSR count). The molecule has 2 bridgehead atoms. The molecule has 154 valence electrons. The van der Waals surface area contributed by atoms with E-state index in [1.54, 1.807) is 12.1 Å². The number of halogens is 2. The molecule has 0 aromatic carbocycles. The smallest absolute Gasteiger partial charge is 0.293 e. The van der Waals surface area contributed by atoms with E-state index in [2.05, 4.69) is 15.6 Å². The van der Waals surface area contributed by atoms with E-state index in [4.69, 9.17) is 4.42 Å². The van der Waals surface area contributed by atoms with Gasteiger partial charge in [-0.2, -0.15) is 0 Å². The molecule has 0 saturated carbocycles. The monoisotopic (exact) mass is 446 g/mol. The summed E-state index contributed by atoms with van der Waals surface area (Å²) in [6.45, 7) is 0. The summed E-state index contributed by atoms with van der Waals surface area (Å²) >= 11 is 1.31. The van der Waals surface area contributed by atoms with Gasteiger partial charge in [0, 0.05) is 30.6 Å². The third-order valence-corrected chi connectivity index (χ3v) is 6.05. The van der Waals surface area contributed by atoms with Gasteiger partial charge >= 0.3 is 0 Å². The second kappa shape index (κ2) is 9.73. The average Bonchev–Trinajstić information content (AvgIpc) is 3.36. The number of furan rings is 1. The molecule has 0 aliphatic carbocycles. The van der Waals surface area contributed by atoms with Gasteiger partial charge in [0.15, 0.2) is 10.9 Å². The molecule has 4 heterocycles. The van der Waals surface area contributed by atoms with Crippen LogP contribution in [-0.4, -0.2) is 46.9 Å². The summed E-state index contributed by atoms with van der Waals surface area (Å²) in [7, 11) is 1.89. The molecule has 2 aliphatic rings. The van der Waals surface area contributed by atoms with Gasteiger partial charge in [0.2, 0.25) is 5.91 Å². The van der Waals surface area contributed by atoms with Crippen molar-refractivity contribution in [1.29, 1.82) is 0 Å². The van der Waals surface area contributed by atoms with Crippen LogP contribution in [0.15, 0.2) is 28.2 Å². The number of rotatable bonds is 5. The van der Waals surface area contributed by atoms with Crippen molar-refractivity contribution in [2.45, 2.75) is 50.2 Å². The van der Waals surface area contributed by atoms with Crippen molar-refractivity contribution in [3.63, 3.8) is 0 Å². The number of fused-ring (bicyclic) bond motifs is 2. The number of piperidine rings is 1. The number of nitrogens with zero attached hydrogens (tertiary/aromatic N) is 2. The fraction of sp³-hybridized carbons (Fsp3) is 0.500. The van der Waals surface area contributed by atoms with E-state index in [-0.39, 0.29) is 48.8 Å². The van der Waals surface area contributed by atoms with Crippen LogP contribution in [0.25, 0.3) is 0 Å². The highest BCUT2D eigenvalue weighted by Crippen LogP contribution is 2.29. The lowest BCUT2D eigenvalue weighted by Crippen LogP contribution is -2.49. The molecule has 2 aliphatic heterocycles. The molecule has 2 N–H and O–H groups in total. The zero-order valence-electron chi connectivity index (χ0n) is 15.4. The number of anilines is 1. The Morgan fingerprint density at radius 3 is 2.68 bits per heavy atom. The Balaban J connectivity index is 0.00000140. The average molecular weight is 447 g/mol. The van der Waals surface area contributed by atoms with Crippen LogP contribution >= 0.6 is 36.2 Å². The number of amides is 2. The largest absolute Gasteiger partial charge is 0.459 e. The van der Waals surface area contributed by atoms with Crippen LogP contribution in [0.4, 0.5) is 5.13 Å². The summed E-state index contributed by atoms with van der Waals surface area (Å²) in [4.78, 5) is 30.8. The fourth-order valence-corrected chi connectivity index (χ4v) is 4.54. The first-order valence-corrected chi connectivity index (χ1v) is 9.77. The van der Waals surface area contributed by atoms with Crippen LogP contribution in [0, 0.1) is 0 Å². The van der Waals surface area contributed by atoms with Gasteiger partial charge in [0.1, 0.15) is 0 Å². The van der Waals surface area contributed by atoms with E-state index >= 15 is 0 Å². The lowest BCUT2D eigenvalue weighted by atomic mass is 9.98. The maximum absolute atomic E-state index is 12.6. The van der Waals surface area contributed by atoms with E-state index in [1.807, 2.05) is 17.3 Å². The SMILES string of the molecule is CN(C(=O)Cc1csc(NC(=O)c2ccco2)n1)C1CC2CCC(C1)N2.Cl.Cl. The summed E-state index contributed by atoms with van der Waals surface area (Å²) in [5.41, 5.74) is 0.679. The number of likely N-dealkylation sites (N-methyl/N-ethyl adjacent to an activating group) is 1. The van der Waals surface area contributed by atoms with Crippen LogP contribution in [0.3, 0.4) is 0 Å². The summed E-state index contributed by atoms with van der Waals surface area (Å²) in [6, 6.07) is 4.66. The molecule has 2 aromatic rings. The molecule has 0 spiro atoms. The van der Waals surface area contributed by atoms with Crippen LogP contribution < -0.4 is 10.6 Å². The molecule has 2 fully saturated rings. The summed E-state index contributed by atoms with van der Waals surface area (Å²) in [5.74, 6) is -0.0341. The Bertz CT molecular complexity index is 787. The second-order valence-corrected chi connectivity index (χ2v) is 7.88. The number of hydrogen-bond donors (Lipinski definition) is 2. The predicted molar refractivity (Wildman–Crippen MR) is 113 cm³/mol. The third kappa shape index (κ3) is 5.05. The second-order valence-electron chi connectivity index (χ2n) is 7.02. The number of carbonyl (C=O) groups is 2. The molecule has 10 heteroatoms. The molecule has 2 unspecified atom stereocenters. The standard InChI is InChI=1S/C18H22N4O3S.2ClH/c1-22(14-7-11-4-5-12(8-14)19-11)16(23)9-13-10-26-18(20-13)21-17(24)15-3-2-6-25-15;;/h2-3,6,10-12,14,19H,4-5,7-9H2,1H3,(H,20,21,24);2*1H. The summed E-state index contributed by atoms with van der Waals surface area (Å²) < 4.78 is 5.06. The zero-order chi connectivity index (χ0) is 18.1. The summed E-state index contributed by atoms with van der Waals surface area (Å²) in [6.07, 6.45) is 6.19. The summed E-state index contributed by atoms with van der Waals surface area (Å²) in [5, 5.41) is 8.58. The van der Waals surface area contributed by atoms with Crippen molar-refractivity contribution >= 4 is 53.1 Å². The number of thiazole rings is 1. The molecular formula is C18H24Cl2N4O3S. The minimum absolute atomic E-state index is 0. The molecular weight excluding hydrogens is 423 g/mol. The van der Waals surface area contributed by atoms with Crippen molar-refractivity contribution in [2.75, 3.05) is 12.4 Å². The zero-order valence-corrected chi connectivity index (χ0v) is 17.9. The Morgan fingerprint density at radius 2 is 2.04 bits per heavy atom. The lowest BCUT2D eigenvalue weighted by molar-refractivity contribution is -0.132.